The first-order valence-corrected chi connectivity index (χ1v) is 4.07. The van der Waals surface area contributed by atoms with E-state index in [0.29, 0.717) is 0 Å². The van der Waals surface area contributed by atoms with Crippen molar-refractivity contribution >= 4 is 46.4 Å². The third-order valence-corrected chi connectivity index (χ3v) is 1.47. The maximum Gasteiger partial charge on any atom is 0.0986 e. The van der Waals surface area contributed by atoms with Crippen molar-refractivity contribution in [1.29, 1.82) is 0 Å². The summed E-state index contributed by atoms with van der Waals surface area (Å²) in [5.74, 6) is 0. The highest BCUT2D eigenvalue weighted by molar-refractivity contribution is 8.93. The highest BCUT2D eigenvalue weighted by Crippen LogP contribution is 1.81. The zero-order chi connectivity index (χ0) is 10.2. The van der Waals surface area contributed by atoms with Crippen molar-refractivity contribution in [2.75, 3.05) is 0 Å². The van der Waals surface area contributed by atoms with Gasteiger partial charge in [0.05, 0.1) is 12.7 Å². The molecule has 4 nitrogen and oxygen atoms in total. The fraction of sp³-hybridized carbons (Fsp3) is 0.0909. The number of aromatic nitrogens is 4. The van der Waals surface area contributed by atoms with Crippen LogP contribution in [0, 0.1) is 0 Å². The Balaban J connectivity index is -0.000000196. The number of hydrogen-bond donors (Lipinski definition) is 0. The van der Waals surface area contributed by atoms with E-state index >= 15 is 0 Å². The molecule has 6 heteroatoms. The monoisotopic (exact) mass is 364 g/mol. The summed E-state index contributed by atoms with van der Waals surface area (Å²) in [6.07, 6.45) is 13.8. The van der Waals surface area contributed by atoms with Crippen LogP contribution in [0.25, 0.3) is 12.4 Å². The van der Waals surface area contributed by atoms with Crippen LogP contribution in [-0.2, 0) is 0 Å². The van der Waals surface area contributed by atoms with Crippen LogP contribution in [0.1, 0.15) is 7.43 Å². The predicted molar refractivity (Wildman–Crippen MR) is 84.6 cm³/mol. The van der Waals surface area contributed by atoms with E-state index < -0.39 is 0 Å². The Morgan fingerprint density at radius 3 is 1.29 bits per heavy atom. The summed E-state index contributed by atoms with van der Waals surface area (Å²) >= 11 is 0. The molecule has 0 aliphatic carbocycles. The van der Waals surface area contributed by atoms with Gasteiger partial charge in [-0.3, -0.25) is 0 Å². The number of rotatable bonds is 2. The molecule has 0 fully saturated rings. The molecular formula is C11H18Br2N4. The first-order valence-electron chi connectivity index (χ1n) is 4.07. The number of imidazole rings is 2. The van der Waals surface area contributed by atoms with E-state index in [2.05, 4.69) is 23.1 Å². The summed E-state index contributed by atoms with van der Waals surface area (Å²) in [5.41, 5.74) is 0. The van der Waals surface area contributed by atoms with Crippen molar-refractivity contribution in [3.05, 3.63) is 50.6 Å². The fourth-order valence-electron chi connectivity index (χ4n) is 0.755. The molecule has 0 atom stereocenters. The molecule has 0 aliphatic rings. The topological polar surface area (TPSA) is 35.6 Å². The van der Waals surface area contributed by atoms with Crippen molar-refractivity contribution in [3.8, 4) is 0 Å². The lowest BCUT2D eigenvalue weighted by molar-refractivity contribution is 1.14. The van der Waals surface area contributed by atoms with E-state index in [1.807, 2.05) is 12.4 Å². The van der Waals surface area contributed by atoms with Gasteiger partial charge in [-0.25, -0.2) is 9.97 Å². The van der Waals surface area contributed by atoms with E-state index in [-0.39, 0.29) is 41.4 Å². The molecule has 0 spiro atoms. The Bertz CT molecular complexity index is 330. The largest absolute Gasteiger partial charge is 0.314 e. The van der Waals surface area contributed by atoms with E-state index in [4.69, 9.17) is 0 Å². The standard InChI is InChI=1S/2C5H6N2.CH4.2BrH/c2*1-2-7-4-3-6-5-7;;;/h2*2-5H,1H2;1H4;2*1H. The van der Waals surface area contributed by atoms with Gasteiger partial charge in [0.2, 0.25) is 0 Å². The molecule has 0 aliphatic heterocycles. The quantitative estimate of drug-likeness (QED) is 0.812. The molecule has 0 saturated heterocycles. The second-order valence-electron chi connectivity index (χ2n) is 2.38. The van der Waals surface area contributed by atoms with Crippen molar-refractivity contribution in [3.63, 3.8) is 0 Å². The van der Waals surface area contributed by atoms with Crippen LogP contribution in [0.3, 0.4) is 0 Å². The molecular weight excluding hydrogens is 348 g/mol. The van der Waals surface area contributed by atoms with Gasteiger partial charge < -0.3 is 9.13 Å². The SMILES string of the molecule is Br.Br.C.C=Cn1ccnc1.C=Cn1ccnc1. The Hall–Kier alpha value is -1.14. The zero-order valence-corrected chi connectivity index (χ0v) is 12.1. The Kier molecular flexibility index (Phi) is 16.1. The lowest BCUT2D eigenvalue weighted by atomic mass is 10.9. The van der Waals surface area contributed by atoms with Gasteiger partial charge >= 0.3 is 0 Å². The van der Waals surface area contributed by atoms with Crippen LogP contribution in [0.15, 0.2) is 50.6 Å². The van der Waals surface area contributed by atoms with Crippen molar-refractivity contribution < 1.29 is 0 Å². The summed E-state index contributed by atoms with van der Waals surface area (Å²) < 4.78 is 3.56. The summed E-state index contributed by atoms with van der Waals surface area (Å²) in [4.78, 5) is 7.57. The van der Waals surface area contributed by atoms with Crippen molar-refractivity contribution in [2.45, 2.75) is 7.43 Å². The maximum atomic E-state index is 3.78. The second kappa shape index (κ2) is 12.9. The van der Waals surface area contributed by atoms with Gasteiger partial charge in [0.1, 0.15) is 0 Å². The summed E-state index contributed by atoms with van der Waals surface area (Å²) in [5, 5.41) is 0. The minimum atomic E-state index is 0. The van der Waals surface area contributed by atoms with Gasteiger partial charge in [-0.2, -0.15) is 0 Å². The number of halogens is 2. The van der Waals surface area contributed by atoms with Crippen molar-refractivity contribution in [1.82, 2.24) is 19.1 Å². The van der Waals surface area contributed by atoms with Crippen LogP contribution in [0.2, 0.25) is 0 Å². The Morgan fingerprint density at radius 2 is 1.18 bits per heavy atom. The molecule has 0 radical (unpaired) electrons. The molecule has 0 N–H and O–H groups in total. The molecule has 17 heavy (non-hydrogen) atoms. The van der Waals surface area contributed by atoms with Crippen LogP contribution < -0.4 is 0 Å². The predicted octanol–water partition coefficient (Wildman–Crippen LogP) is 3.76. The smallest absolute Gasteiger partial charge is 0.0986 e. The third kappa shape index (κ3) is 8.65. The average Bonchev–Trinajstić information content (AvgIpc) is 2.92. The minimum Gasteiger partial charge on any atom is -0.314 e. The summed E-state index contributed by atoms with van der Waals surface area (Å²) in [6, 6.07) is 0. The summed E-state index contributed by atoms with van der Waals surface area (Å²) in [6.45, 7) is 7.05. The lowest BCUT2D eigenvalue weighted by Gasteiger charge is -1.80. The molecule has 2 aromatic heterocycles. The van der Waals surface area contributed by atoms with E-state index in [9.17, 15) is 0 Å². The Labute approximate surface area is 123 Å². The van der Waals surface area contributed by atoms with Gasteiger partial charge in [-0.05, 0) is 0 Å². The van der Waals surface area contributed by atoms with Crippen LogP contribution in [0.5, 0.6) is 0 Å². The number of hydrogen-bond acceptors (Lipinski definition) is 2. The first kappa shape index (κ1) is 21.2. The molecule has 0 bridgehead atoms. The van der Waals surface area contributed by atoms with Crippen molar-refractivity contribution in [2.24, 2.45) is 0 Å². The average molecular weight is 366 g/mol. The molecule has 2 heterocycles. The Morgan fingerprint density at radius 1 is 0.824 bits per heavy atom. The second-order valence-corrected chi connectivity index (χ2v) is 2.38. The normalized spacial score (nSPS) is 7.06. The third-order valence-electron chi connectivity index (χ3n) is 1.47. The van der Waals surface area contributed by atoms with Gasteiger partial charge in [-0.1, -0.05) is 20.6 Å². The molecule has 0 unspecified atom stereocenters. The first-order chi connectivity index (χ1) is 6.86. The molecule has 96 valence electrons. The lowest BCUT2D eigenvalue weighted by Crippen LogP contribution is -1.73. The summed E-state index contributed by atoms with van der Waals surface area (Å²) in [7, 11) is 0. The van der Waals surface area contributed by atoms with E-state index in [1.165, 1.54) is 0 Å². The van der Waals surface area contributed by atoms with Crippen LogP contribution in [-0.4, -0.2) is 19.1 Å². The van der Waals surface area contributed by atoms with Crippen LogP contribution >= 0.6 is 34.0 Å². The zero-order valence-electron chi connectivity index (χ0n) is 8.64. The highest BCUT2D eigenvalue weighted by atomic mass is 79.9. The van der Waals surface area contributed by atoms with Gasteiger partial charge in [0, 0.05) is 37.2 Å². The maximum absolute atomic E-state index is 3.78. The molecule has 0 amide bonds. The highest BCUT2D eigenvalue weighted by Gasteiger charge is 1.73. The molecule has 2 aromatic rings. The minimum absolute atomic E-state index is 0. The molecule has 0 saturated carbocycles. The number of nitrogens with zero attached hydrogens (tertiary/aromatic N) is 4. The van der Waals surface area contributed by atoms with E-state index in [0.717, 1.165) is 0 Å². The van der Waals surface area contributed by atoms with Gasteiger partial charge in [0.25, 0.3) is 0 Å². The van der Waals surface area contributed by atoms with E-state index in [1.54, 1.807) is 46.6 Å². The van der Waals surface area contributed by atoms with Crippen LogP contribution in [0.4, 0.5) is 0 Å². The fourth-order valence-corrected chi connectivity index (χ4v) is 0.755. The van der Waals surface area contributed by atoms with Gasteiger partial charge in [-0.15, -0.1) is 34.0 Å². The molecule has 2 rings (SSSR count). The molecule has 0 aromatic carbocycles. The van der Waals surface area contributed by atoms with Gasteiger partial charge in [0.15, 0.2) is 0 Å².